The van der Waals surface area contributed by atoms with Crippen LogP contribution in [-0.2, 0) is 4.74 Å². The molecule has 24 heavy (non-hydrogen) atoms. The third-order valence-corrected chi connectivity index (χ3v) is 5.16. The predicted molar refractivity (Wildman–Crippen MR) is 104 cm³/mol. The molecule has 0 amide bonds. The minimum absolute atomic E-state index is 0.578. The zero-order valence-electron chi connectivity index (χ0n) is 14.9. The summed E-state index contributed by atoms with van der Waals surface area (Å²) in [5.74, 6) is 6.23. The normalized spacial score (nSPS) is 16.4. The lowest BCUT2D eigenvalue weighted by atomic mass is 9.92. The summed E-state index contributed by atoms with van der Waals surface area (Å²) in [7, 11) is 1.53. The second-order valence-corrected chi connectivity index (χ2v) is 6.87. The molecule has 0 spiro atoms. The lowest BCUT2D eigenvalue weighted by molar-refractivity contribution is -0.0773. The van der Waals surface area contributed by atoms with E-state index in [1.165, 1.54) is 44.9 Å². The first-order chi connectivity index (χ1) is 11.6. The quantitative estimate of drug-likeness (QED) is 0.452. The van der Waals surface area contributed by atoms with Crippen LogP contribution in [0.15, 0.2) is 12.1 Å². The highest BCUT2D eigenvalue weighted by Gasteiger charge is 2.24. The van der Waals surface area contributed by atoms with E-state index >= 15 is 0 Å². The van der Waals surface area contributed by atoms with Gasteiger partial charge in [-0.05, 0) is 44.4 Å². The van der Waals surface area contributed by atoms with Crippen molar-refractivity contribution in [1.82, 2.24) is 0 Å². The maximum atomic E-state index is 10.3. The fraction of sp³-hybridized carbons (Fsp3) is 0.600. The molecular weight excluding hydrogens is 366 g/mol. The number of aliphatic hydroxyl groups excluding tert-OH is 1. The molecule has 0 aromatic heterocycles. The molecule has 1 atom stereocenters. The third-order valence-electron chi connectivity index (χ3n) is 4.87. The van der Waals surface area contributed by atoms with Crippen LogP contribution in [0.5, 0.6) is 0 Å². The van der Waals surface area contributed by atoms with Crippen LogP contribution in [0.4, 0.5) is 5.69 Å². The van der Waals surface area contributed by atoms with Crippen molar-refractivity contribution >= 4 is 21.6 Å². The van der Waals surface area contributed by atoms with Crippen molar-refractivity contribution in [2.45, 2.75) is 58.3 Å². The lowest BCUT2D eigenvalue weighted by Crippen LogP contribution is -2.37. The molecule has 1 N–H and O–H groups in total. The standard InChI is InChI=1S/C20H28BrNO2/c1-4-22(17-10-6-5-7-11-17)19-14-16(9-8-12-21)13-18(15(19)2)20(23)24-3/h13-14,17,20,23H,4-7,10-12H2,1-3H3. The van der Waals surface area contributed by atoms with Gasteiger partial charge in [0.25, 0.3) is 0 Å². The summed E-state index contributed by atoms with van der Waals surface area (Å²) < 4.78 is 5.17. The molecule has 1 unspecified atom stereocenters. The van der Waals surface area contributed by atoms with Gasteiger partial charge in [-0.15, -0.1) is 0 Å². The molecule has 0 aliphatic heterocycles. The van der Waals surface area contributed by atoms with Gasteiger partial charge in [0.1, 0.15) is 0 Å². The van der Waals surface area contributed by atoms with E-state index in [2.05, 4.69) is 52.6 Å². The van der Waals surface area contributed by atoms with E-state index < -0.39 is 6.29 Å². The average Bonchev–Trinajstić information content (AvgIpc) is 2.62. The molecular formula is C20H28BrNO2. The fourth-order valence-electron chi connectivity index (χ4n) is 3.63. The molecule has 0 heterocycles. The molecule has 1 aliphatic carbocycles. The van der Waals surface area contributed by atoms with Crippen LogP contribution in [0.2, 0.25) is 0 Å². The van der Waals surface area contributed by atoms with Crippen molar-refractivity contribution in [3.8, 4) is 11.8 Å². The summed E-state index contributed by atoms with van der Waals surface area (Å²) >= 11 is 3.35. The smallest absolute Gasteiger partial charge is 0.181 e. The summed E-state index contributed by atoms with van der Waals surface area (Å²) in [4.78, 5) is 2.49. The maximum absolute atomic E-state index is 10.3. The van der Waals surface area contributed by atoms with Gasteiger partial charge in [-0.1, -0.05) is 47.0 Å². The van der Waals surface area contributed by atoms with E-state index in [1.54, 1.807) is 0 Å². The average molecular weight is 394 g/mol. The molecule has 1 saturated carbocycles. The number of alkyl halides is 1. The Morgan fingerprint density at radius 2 is 2.04 bits per heavy atom. The van der Waals surface area contributed by atoms with Gasteiger partial charge in [0, 0.05) is 36.5 Å². The number of anilines is 1. The first kappa shape index (κ1) is 19.3. The summed E-state index contributed by atoms with van der Waals surface area (Å²) in [6.07, 6.45) is 5.52. The van der Waals surface area contributed by atoms with E-state index in [-0.39, 0.29) is 0 Å². The third kappa shape index (κ3) is 4.53. The zero-order valence-corrected chi connectivity index (χ0v) is 16.5. The highest BCUT2D eigenvalue weighted by molar-refractivity contribution is 9.09. The molecule has 0 radical (unpaired) electrons. The van der Waals surface area contributed by atoms with Gasteiger partial charge in [-0.25, -0.2) is 0 Å². The van der Waals surface area contributed by atoms with Gasteiger partial charge in [-0.3, -0.25) is 0 Å². The Labute approximate surface area is 154 Å². The van der Waals surface area contributed by atoms with E-state index in [9.17, 15) is 5.11 Å². The molecule has 3 nitrogen and oxygen atoms in total. The minimum atomic E-state index is -0.917. The number of aliphatic hydroxyl groups is 1. The predicted octanol–water partition coefficient (Wildman–Crippen LogP) is 4.54. The van der Waals surface area contributed by atoms with Crippen LogP contribution in [0.3, 0.4) is 0 Å². The second-order valence-electron chi connectivity index (χ2n) is 6.31. The summed E-state index contributed by atoms with van der Waals surface area (Å²) in [6.45, 7) is 5.24. The molecule has 1 fully saturated rings. The summed E-state index contributed by atoms with van der Waals surface area (Å²) in [6, 6.07) is 4.68. The van der Waals surface area contributed by atoms with Gasteiger partial charge in [0.15, 0.2) is 6.29 Å². The fourth-order valence-corrected chi connectivity index (χ4v) is 3.77. The van der Waals surface area contributed by atoms with Crippen LogP contribution in [0, 0.1) is 18.8 Å². The van der Waals surface area contributed by atoms with E-state index in [1.807, 2.05) is 6.07 Å². The van der Waals surface area contributed by atoms with E-state index in [4.69, 9.17) is 4.74 Å². The van der Waals surface area contributed by atoms with Crippen LogP contribution in [0.25, 0.3) is 0 Å². The first-order valence-electron chi connectivity index (χ1n) is 8.79. The molecule has 2 rings (SSSR count). The molecule has 132 valence electrons. The Balaban J connectivity index is 2.48. The van der Waals surface area contributed by atoms with Crippen LogP contribution in [0.1, 0.15) is 62.0 Å². The summed E-state index contributed by atoms with van der Waals surface area (Å²) in [5.41, 5.74) is 4.00. The Morgan fingerprint density at radius 1 is 1.33 bits per heavy atom. The van der Waals surface area contributed by atoms with E-state index in [0.29, 0.717) is 11.4 Å². The van der Waals surface area contributed by atoms with Gasteiger partial charge < -0.3 is 14.7 Å². The Bertz CT molecular complexity index is 600. The van der Waals surface area contributed by atoms with Gasteiger partial charge in [0.2, 0.25) is 0 Å². The molecule has 1 aromatic rings. The minimum Gasteiger partial charge on any atom is -0.369 e. The number of nitrogens with zero attached hydrogens (tertiary/aromatic N) is 1. The van der Waals surface area contributed by atoms with E-state index in [0.717, 1.165) is 23.2 Å². The number of methoxy groups -OCH3 is 1. The van der Waals surface area contributed by atoms with Gasteiger partial charge in [-0.2, -0.15) is 0 Å². The molecule has 1 aromatic carbocycles. The van der Waals surface area contributed by atoms with Crippen molar-refractivity contribution < 1.29 is 9.84 Å². The Morgan fingerprint density at radius 3 is 2.62 bits per heavy atom. The largest absolute Gasteiger partial charge is 0.369 e. The lowest BCUT2D eigenvalue weighted by Gasteiger charge is -2.37. The van der Waals surface area contributed by atoms with Crippen LogP contribution < -0.4 is 4.90 Å². The summed E-state index contributed by atoms with van der Waals surface area (Å²) in [5, 5.41) is 10.9. The van der Waals surface area contributed by atoms with Gasteiger partial charge in [0.05, 0.1) is 5.33 Å². The number of rotatable bonds is 5. The number of hydrogen-bond acceptors (Lipinski definition) is 3. The highest BCUT2D eigenvalue weighted by atomic mass is 79.9. The van der Waals surface area contributed by atoms with Gasteiger partial charge >= 0.3 is 0 Å². The first-order valence-corrected chi connectivity index (χ1v) is 9.91. The SMILES string of the molecule is CCN(c1cc(C#CCBr)cc(C(O)OC)c1C)C1CCCCC1. The molecule has 4 heteroatoms. The monoisotopic (exact) mass is 393 g/mol. The number of hydrogen-bond donors (Lipinski definition) is 1. The Kier molecular flexibility index (Phi) is 7.61. The molecule has 1 aliphatic rings. The Hall–Kier alpha value is -1.02. The molecule has 0 bridgehead atoms. The number of halogens is 1. The van der Waals surface area contributed by atoms with Crippen molar-refractivity contribution in [2.75, 3.05) is 23.9 Å². The van der Waals surface area contributed by atoms with Crippen LogP contribution in [-0.4, -0.2) is 30.1 Å². The van der Waals surface area contributed by atoms with Crippen molar-refractivity contribution in [3.05, 3.63) is 28.8 Å². The number of benzene rings is 1. The van der Waals surface area contributed by atoms with Crippen LogP contribution >= 0.6 is 15.9 Å². The topological polar surface area (TPSA) is 32.7 Å². The highest BCUT2D eigenvalue weighted by Crippen LogP contribution is 2.34. The number of ether oxygens (including phenoxy) is 1. The maximum Gasteiger partial charge on any atom is 0.181 e. The van der Waals surface area contributed by atoms with Crippen molar-refractivity contribution in [1.29, 1.82) is 0 Å². The molecule has 0 saturated heterocycles. The van der Waals surface area contributed by atoms with Crippen molar-refractivity contribution in [3.63, 3.8) is 0 Å². The van der Waals surface area contributed by atoms with Crippen molar-refractivity contribution in [2.24, 2.45) is 0 Å². The zero-order chi connectivity index (χ0) is 17.5. The second kappa shape index (κ2) is 9.46.